The van der Waals surface area contributed by atoms with Gasteiger partial charge in [-0.2, -0.15) is 40.6 Å². The van der Waals surface area contributed by atoms with Gasteiger partial charge in [0.05, 0.1) is 10.6 Å². The van der Waals surface area contributed by atoms with E-state index in [1.807, 2.05) is 0 Å². The van der Waals surface area contributed by atoms with Crippen molar-refractivity contribution in [3.05, 3.63) is 30.4 Å². The minimum atomic E-state index is -4.95. The Bertz CT molecular complexity index is 959. The highest BCUT2D eigenvalue weighted by Gasteiger charge is 2.21. The molecule has 0 bridgehead atoms. The van der Waals surface area contributed by atoms with E-state index in [4.69, 9.17) is 9.11 Å². The summed E-state index contributed by atoms with van der Waals surface area (Å²) in [5.41, 5.74) is -0.495. The van der Waals surface area contributed by atoms with Crippen molar-refractivity contribution >= 4 is 31.9 Å². The summed E-state index contributed by atoms with van der Waals surface area (Å²) < 4.78 is 88.3. The fraction of sp³-hybridized carbons (Fsp3) is 0. The summed E-state index contributed by atoms with van der Waals surface area (Å²) in [5, 5.41) is 2.08. The van der Waals surface area contributed by atoms with Crippen molar-refractivity contribution in [3.8, 4) is 0 Å². The van der Waals surface area contributed by atoms with E-state index in [1.54, 1.807) is 0 Å². The lowest BCUT2D eigenvalue weighted by molar-refractivity contribution is 0.458. The van der Waals surface area contributed by atoms with Crippen molar-refractivity contribution in [3.63, 3.8) is 0 Å². The highest BCUT2D eigenvalue weighted by atomic mass is 32.2. The monoisotopic (exact) mass is 368 g/mol. The molecular weight excluding hydrogens is 362 g/mol. The van der Waals surface area contributed by atoms with Gasteiger partial charge in [-0.15, -0.1) is 0 Å². The molecule has 0 atom stereocenters. The molecule has 2 aromatic rings. The summed E-state index contributed by atoms with van der Waals surface area (Å²) in [6.45, 7) is 0. The predicted octanol–water partition coefficient (Wildman–Crippen LogP) is 0.387. The standard InChI is InChI=1S/C9H6F2N4O6S2/c10-7-13-8(11)15-9(14-7)12-5-2-1-4(22(16,17)18)3-6(5)23(19,20)21/h1-3H,(H,16,17,18)(H,19,20,21)(H,12,13,14,15). The van der Waals surface area contributed by atoms with Gasteiger partial charge in [0.1, 0.15) is 4.90 Å². The van der Waals surface area contributed by atoms with Gasteiger partial charge in [-0.1, -0.05) is 0 Å². The quantitative estimate of drug-likeness (QED) is 0.644. The van der Waals surface area contributed by atoms with Gasteiger partial charge < -0.3 is 5.32 Å². The third-order valence-electron chi connectivity index (χ3n) is 2.36. The average Bonchev–Trinajstić information content (AvgIpc) is 2.35. The topological polar surface area (TPSA) is 159 Å². The molecule has 1 aromatic carbocycles. The molecule has 10 nitrogen and oxygen atoms in total. The molecule has 14 heteroatoms. The van der Waals surface area contributed by atoms with E-state index >= 15 is 0 Å². The van der Waals surface area contributed by atoms with Gasteiger partial charge in [0.2, 0.25) is 5.95 Å². The van der Waals surface area contributed by atoms with Crippen molar-refractivity contribution in [2.75, 3.05) is 5.32 Å². The summed E-state index contributed by atoms with van der Waals surface area (Å²) in [6.07, 6.45) is -2.99. The van der Waals surface area contributed by atoms with Crippen LogP contribution in [0.3, 0.4) is 0 Å². The summed E-state index contributed by atoms with van der Waals surface area (Å²) in [7, 11) is -9.71. The molecule has 23 heavy (non-hydrogen) atoms. The Balaban J connectivity index is 2.58. The van der Waals surface area contributed by atoms with E-state index in [1.165, 1.54) is 0 Å². The largest absolute Gasteiger partial charge is 0.323 e. The van der Waals surface area contributed by atoms with E-state index in [0.29, 0.717) is 6.07 Å². The second kappa shape index (κ2) is 5.73. The van der Waals surface area contributed by atoms with Crippen LogP contribution in [0.2, 0.25) is 0 Å². The highest BCUT2D eigenvalue weighted by molar-refractivity contribution is 7.86. The van der Waals surface area contributed by atoms with Crippen LogP contribution in [0.4, 0.5) is 20.4 Å². The van der Waals surface area contributed by atoms with Crippen LogP contribution in [-0.2, 0) is 20.2 Å². The van der Waals surface area contributed by atoms with Gasteiger partial charge in [-0.25, -0.2) is 0 Å². The van der Waals surface area contributed by atoms with Crippen molar-refractivity contribution in [2.45, 2.75) is 9.79 Å². The smallest absolute Gasteiger partial charge is 0.315 e. The number of hydrogen-bond acceptors (Lipinski definition) is 8. The SMILES string of the molecule is O=S(=O)(O)c1ccc(Nc2nc(F)nc(F)n2)c(S(=O)(=O)O)c1. The van der Waals surface area contributed by atoms with E-state index < -0.39 is 53.8 Å². The molecular formula is C9H6F2N4O6S2. The zero-order valence-electron chi connectivity index (χ0n) is 10.7. The normalized spacial score (nSPS) is 12.2. The van der Waals surface area contributed by atoms with Crippen LogP contribution in [0.5, 0.6) is 0 Å². The molecule has 0 fully saturated rings. The Labute approximate surface area is 127 Å². The minimum Gasteiger partial charge on any atom is -0.323 e. The summed E-state index contributed by atoms with van der Waals surface area (Å²) in [6, 6.07) is 2.02. The Morgan fingerprint density at radius 1 is 0.913 bits per heavy atom. The first-order valence-corrected chi connectivity index (χ1v) is 8.28. The molecule has 0 aliphatic rings. The Hall–Kier alpha value is -2.29. The Kier molecular flexibility index (Phi) is 4.25. The van der Waals surface area contributed by atoms with Gasteiger partial charge in [0.25, 0.3) is 20.2 Å². The fourth-order valence-electron chi connectivity index (χ4n) is 1.48. The molecule has 1 heterocycles. The molecule has 3 N–H and O–H groups in total. The molecule has 0 amide bonds. The summed E-state index contributed by atoms with van der Waals surface area (Å²) >= 11 is 0. The van der Waals surface area contributed by atoms with E-state index in [-0.39, 0.29) is 0 Å². The third-order valence-corrected chi connectivity index (χ3v) is 4.10. The number of nitrogens with one attached hydrogen (secondary N) is 1. The van der Waals surface area contributed by atoms with E-state index in [0.717, 1.165) is 12.1 Å². The molecule has 124 valence electrons. The van der Waals surface area contributed by atoms with Gasteiger partial charge in [-0.05, 0) is 18.2 Å². The number of halogens is 2. The second-order valence-electron chi connectivity index (χ2n) is 3.93. The number of anilines is 2. The number of hydrogen-bond donors (Lipinski definition) is 3. The Morgan fingerprint density at radius 2 is 1.48 bits per heavy atom. The number of nitrogens with zero attached hydrogens (tertiary/aromatic N) is 3. The van der Waals surface area contributed by atoms with Crippen molar-refractivity contribution in [2.24, 2.45) is 0 Å². The average molecular weight is 368 g/mol. The lowest BCUT2D eigenvalue weighted by Gasteiger charge is -2.10. The van der Waals surface area contributed by atoms with Crippen LogP contribution >= 0.6 is 0 Å². The van der Waals surface area contributed by atoms with Gasteiger partial charge in [-0.3, -0.25) is 9.11 Å². The van der Waals surface area contributed by atoms with Crippen LogP contribution in [-0.4, -0.2) is 40.9 Å². The van der Waals surface area contributed by atoms with Crippen LogP contribution < -0.4 is 5.32 Å². The molecule has 0 unspecified atom stereocenters. The van der Waals surface area contributed by atoms with Crippen LogP contribution in [0, 0.1) is 12.2 Å². The van der Waals surface area contributed by atoms with Crippen LogP contribution in [0.15, 0.2) is 28.0 Å². The minimum absolute atomic E-state index is 0.431. The molecule has 0 spiro atoms. The molecule has 1 aromatic heterocycles. The van der Waals surface area contributed by atoms with Crippen molar-refractivity contribution in [1.82, 2.24) is 15.0 Å². The maximum Gasteiger partial charge on any atom is 0.315 e. The van der Waals surface area contributed by atoms with Gasteiger partial charge >= 0.3 is 12.2 Å². The molecule has 0 aliphatic carbocycles. The van der Waals surface area contributed by atoms with Crippen LogP contribution in [0.25, 0.3) is 0 Å². The maximum atomic E-state index is 12.9. The second-order valence-corrected chi connectivity index (χ2v) is 6.74. The zero-order chi connectivity index (χ0) is 17.4. The maximum absolute atomic E-state index is 12.9. The van der Waals surface area contributed by atoms with Gasteiger partial charge in [0.15, 0.2) is 0 Å². The third kappa shape index (κ3) is 4.13. The number of benzene rings is 1. The first-order chi connectivity index (χ1) is 10.5. The Morgan fingerprint density at radius 3 is 1.96 bits per heavy atom. The van der Waals surface area contributed by atoms with Crippen molar-refractivity contribution in [1.29, 1.82) is 0 Å². The molecule has 0 aliphatic heterocycles. The molecule has 0 saturated carbocycles. The van der Waals surface area contributed by atoms with Gasteiger partial charge in [0, 0.05) is 0 Å². The number of rotatable bonds is 4. The zero-order valence-corrected chi connectivity index (χ0v) is 12.3. The van der Waals surface area contributed by atoms with E-state index in [2.05, 4.69) is 20.3 Å². The van der Waals surface area contributed by atoms with Crippen LogP contribution in [0.1, 0.15) is 0 Å². The first kappa shape index (κ1) is 17.1. The molecule has 0 radical (unpaired) electrons. The molecule has 2 rings (SSSR count). The first-order valence-electron chi connectivity index (χ1n) is 5.40. The summed E-state index contributed by atoms with van der Waals surface area (Å²) in [4.78, 5) is 6.88. The number of aromatic nitrogens is 3. The lowest BCUT2D eigenvalue weighted by atomic mass is 10.3. The summed E-state index contributed by atoms with van der Waals surface area (Å²) in [5.74, 6) is -0.737. The molecule has 0 saturated heterocycles. The predicted molar refractivity (Wildman–Crippen MR) is 69.1 cm³/mol. The van der Waals surface area contributed by atoms with E-state index in [9.17, 15) is 25.6 Å². The van der Waals surface area contributed by atoms with Crippen molar-refractivity contribution < 1.29 is 34.7 Å². The fourth-order valence-corrected chi connectivity index (χ4v) is 2.74. The highest BCUT2D eigenvalue weighted by Crippen LogP contribution is 2.26. The lowest BCUT2D eigenvalue weighted by Crippen LogP contribution is -2.09.